The van der Waals surface area contributed by atoms with Crippen LogP contribution in [0.3, 0.4) is 0 Å². The zero-order chi connectivity index (χ0) is 13.4. The maximum atomic E-state index is 9.62. The molecule has 1 aromatic rings. The Morgan fingerprint density at radius 3 is 1.89 bits per heavy atom. The number of hydrogen-bond donors (Lipinski definition) is 2. The summed E-state index contributed by atoms with van der Waals surface area (Å²) >= 11 is 0. The number of hydrogen-bond acceptors (Lipinski definition) is 2. The maximum Gasteiger partial charge on any atom is 0.122 e. The molecule has 0 saturated heterocycles. The Balaban J connectivity index is 2.23. The van der Waals surface area contributed by atoms with Gasteiger partial charge in [0.1, 0.15) is 11.5 Å². The molecule has 2 N–H and O–H groups in total. The van der Waals surface area contributed by atoms with Crippen molar-refractivity contribution in [1.82, 2.24) is 0 Å². The van der Waals surface area contributed by atoms with E-state index < -0.39 is 0 Å². The molecule has 18 heavy (non-hydrogen) atoms. The van der Waals surface area contributed by atoms with Crippen LogP contribution in [0.25, 0.3) is 0 Å². The number of aromatic hydroxyl groups is 2. The van der Waals surface area contributed by atoms with Gasteiger partial charge in [0.25, 0.3) is 0 Å². The summed E-state index contributed by atoms with van der Waals surface area (Å²) in [5, 5.41) is 19.2. The smallest absolute Gasteiger partial charge is 0.122 e. The predicted molar refractivity (Wildman–Crippen MR) is 76.2 cm³/mol. The van der Waals surface area contributed by atoms with Crippen molar-refractivity contribution in [3.8, 4) is 11.5 Å². The minimum atomic E-state index is 0.202. The van der Waals surface area contributed by atoms with Gasteiger partial charge in [0.15, 0.2) is 0 Å². The Morgan fingerprint density at radius 2 is 1.33 bits per heavy atom. The van der Waals surface area contributed by atoms with Crippen molar-refractivity contribution in [1.29, 1.82) is 0 Å². The summed E-state index contributed by atoms with van der Waals surface area (Å²) in [6.45, 7) is 3.96. The summed E-state index contributed by atoms with van der Waals surface area (Å²) in [6, 6.07) is 3.54. The van der Waals surface area contributed by atoms with Gasteiger partial charge >= 0.3 is 0 Å². The minimum Gasteiger partial charge on any atom is -0.508 e. The highest BCUT2D eigenvalue weighted by atomic mass is 16.3. The zero-order valence-electron chi connectivity index (χ0n) is 11.7. The van der Waals surface area contributed by atoms with Gasteiger partial charge in [0.05, 0.1) is 0 Å². The van der Waals surface area contributed by atoms with E-state index in [4.69, 9.17) is 0 Å². The molecule has 102 valence electrons. The van der Waals surface area contributed by atoms with Gasteiger partial charge in [-0.1, -0.05) is 45.4 Å². The molecule has 1 rings (SSSR count). The number of benzene rings is 1. The third-order valence-electron chi connectivity index (χ3n) is 3.48. The van der Waals surface area contributed by atoms with Gasteiger partial charge in [0, 0.05) is 5.56 Å². The van der Waals surface area contributed by atoms with Crippen LogP contribution in [0.1, 0.15) is 63.0 Å². The molecular weight excluding hydrogens is 224 g/mol. The summed E-state index contributed by atoms with van der Waals surface area (Å²) < 4.78 is 0. The fraction of sp³-hybridized carbons (Fsp3) is 0.625. The highest BCUT2D eigenvalue weighted by molar-refractivity contribution is 5.45. The lowest BCUT2D eigenvalue weighted by atomic mass is 10.0. The van der Waals surface area contributed by atoms with Gasteiger partial charge in [0.2, 0.25) is 0 Å². The van der Waals surface area contributed by atoms with Crippen LogP contribution < -0.4 is 0 Å². The van der Waals surface area contributed by atoms with Crippen molar-refractivity contribution in [2.75, 3.05) is 0 Å². The van der Waals surface area contributed by atoms with Crippen LogP contribution in [-0.4, -0.2) is 10.2 Å². The summed E-state index contributed by atoms with van der Waals surface area (Å²) in [5.74, 6) is 0.404. The molecule has 2 heteroatoms. The van der Waals surface area contributed by atoms with Crippen molar-refractivity contribution < 1.29 is 10.2 Å². The highest BCUT2D eigenvalue weighted by Crippen LogP contribution is 2.28. The standard InChI is InChI=1S/C16H26O2/c1-3-4-5-6-7-8-9-10-14-11-15(17)13(2)16(18)12-14/h11-12,17-18H,3-10H2,1-2H3. The van der Waals surface area contributed by atoms with Gasteiger partial charge in [-0.2, -0.15) is 0 Å². The molecule has 0 amide bonds. The second kappa shape index (κ2) is 8.02. The Bertz CT molecular complexity index is 335. The second-order valence-electron chi connectivity index (χ2n) is 5.13. The first-order valence-electron chi connectivity index (χ1n) is 7.16. The zero-order valence-corrected chi connectivity index (χ0v) is 11.7. The number of phenolic OH excluding ortho intramolecular Hbond substituents is 2. The van der Waals surface area contributed by atoms with Crippen molar-refractivity contribution in [2.24, 2.45) is 0 Å². The monoisotopic (exact) mass is 250 g/mol. The Hall–Kier alpha value is -1.18. The van der Waals surface area contributed by atoms with E-state index in [1.54, 1.807) is 19.1 Å². The van der Waals surface area contributed by atoms with Gasteiger partial charge < -0.3 is 10.2 Å². The third-order valence-corrected chi connectivity index (χ3v) is 3.48. The first-order valence-corrected chi connectivity index (χ1v) is 7.16. The summed E-state index contributed by atoms with van der Waals surface area (Å²) in [6.07, 6.45) is 9.93. The molecule has 0 spiro atoms. The molecule has 0 saturated carbocycles. The molecule has 0 heterocycles. The number of unbranched alkanes of at least 4 members (excludes halogenated alkanes) is 6. The number of aryl methyl sites for hydroxylation is 1. The third kappa shape index (κ3) is 4.99. The molecule has 0 bridgehead atoms. The van der Waals surface area contributed by atoms with E-state index in [0.717, 1.165) is 18.4 Å². The van der Waals surface area contributed by atoms with Gasteiger partial charge in [-0.3, -0.25) is 0 Å². The fourth-order valence-corrected chi connectivity index (χ4v) is 2.17. The van der Waals surface area contributed by atoms with Gasteiger partial charge in [-0.25, -0.2) is 0 Å². The molecule has 0 aliphatic rings. The molecule has 0 radical (unpaired) electrons. The van der Waals surface area contributed by atoms with Crippen LogP contribution >= 0.6 is 0 Å². The van der Waals surface area contributed by atoms with Crippen LogP contribution in [0.5, 0.6) is 11.5 Å². The molecule has 2 nitrogen and oxygen atoms in total. The second-order valence-corrected chi connectivity index (χ2v) is 5.13. The lowest BCUT2D eigenvalue weighted by Gasteiger charge is -2.07. The lowest BCUT2D eigenvalue weighted by molar-refractivity contribution is 0.441. The Labute approximate surface area is 111 Å². The van der Waals surface area contributed by atoms with Crippen LogP contribution in [0.15, 0.2) is 12.1 Å². The summed E-state index contributed by atoms with van der Waals surface area (Å²) in [5.41, 5.74) is 1.60. The van der Waals surface area contributed by atoms with Crippen LogP contribution in [0.4, 0.5) is 0 Å². The summed E-state index contributed by atoms with van der Waals surface area (Å²) in [7, 11) is 0. The Kier molecular flexibility index (Phi) is 6.63. The maximum absolute atomic E-state index is 9.62. The topological polar surface area (TPSA) is 40.5 Å². The SMILES string of the molecule is CCCCCCCCCc1cc(O)c(C)c(O)c1. The van der Waals surface area contributed by atoms with E-state index in [0.29, 0.717) is 5.56 Å². The average Bonchev–Trinajstić information content (AvgIpc) is 2.34. The van der Waals surface area contributed by atoms with Crippen molar-refractivity contribution in [3.63, 3.8) is 0 Å². The molecule has 1 aromatic carbocycles. The van der Waals surface area contributed by atoms with Crippen molar-refractivity contribution >= 4 is 0 Å². The van der Waals surface area contributed by atoms with Gasteiger partial charge in [-0.15, -0.1) is 0 Å². The van der Waals surface area contributed by atoms with Crippen molar-refractivity contribution in [3.05, 3.63) is 23.3 Å². The van der Waals surface area contributed by atoms with Crippen LogP contribution in [0, 0.1) is 6.92 Å². The highest BCUT2D eigenvalue weighted by Gasteiger charge is 2.04. The van der Waals surface area contributed by atoms with E-state index in [9.17, 15) is 10.2 Å². The predicted octanol–water partition coefficient (Wildman–Crippen LogP) is 4.70. The first kappa shape index (κ1) is 14.9. The van der Waals surface area contributed by atoms with E-state index >= 15 is 0 Å². The average molecular weight is 250 g/mol. The van der Waals surface area contributed by atoms with Crippen LogP contribution in [0.2, 0.25) is 0 Å². The molecular formula is C16H26O2. The molecule has 0 atom stereocenters. The van der Waals surface area contributed by atoms with E-state index in [1.807, 2.05) is 0 Å². The fourth-order valence-electron chi connectivity index (χ4n) is 2.17. The largest absolute Gasteiger partial charge is 0.508 e. The Morgan fingerprint density at radius 1 is 0.833 bits per heavy atom. The molecule has 0 fully saturated rings. The van der Waals surface area contributed by atoms with Crippen LogP contribution in [-0.2, 0) is 6.42 Å². The lowest BCUT2D eigenvalue weighted by Crippen LogP contribution is -1.88. The van der Waals surface area contributed by atoms with Gasteiger partial charge in [-0.05, 0) is 37.5 Å². The van der Waals surface area contributed by atoms with E-state index in [-0.39, 0.29) is 11.5 Å². The normalized spacial score (nSPS) is 10.8. The first-order chi connectivity index (χ1) is 8.65. The van der Waals surface area contributed by atoms with E-state index in [1.165, 1.54) is 38.5 Å². The molecule has 0 aliphatic carbocycles. The van der Waals surface area contributed by atoms with Crippen molar-refractivity contribution in [2.45, 2.75) is 65.2 Å². The molecule has 0 unspecified atom stereocenters. The molecule has 0 aliphatic heterocycles. The minimum absolute atomic E-state index is 0.202. The van der Waals surface area contributed by atoms with E-state index in [2.05, 4.69) is 6.92 Å². The quantitative estimate of drug-likeness (QED) is 0.656. The summed E-state index contributed by atoms with van der Waals surface area (Å²) in [4.78, 5) is 0. The number of phenols is 2. The molecule has 0 aromatic heterocycles. The number of rotatable bonds is 8.